The number of morpholine rings is 1. The second kappa shape index (κ2) is 8.05. The van der Waals surface area contributed by atoms with E-state index in [2.05, 4.69) is 0 Å². The van der Waals surface area contributed by atoms with E-state index in [1.807, 2.05) is 30.3 Å². The molecule has 1 unspecified atom stereocenters. The summed E-state index contributed by atoms with van der Waals surface area (Å²) in [5, 5.41) is 8.77. The van der Waals surface area contributed by atoms with Gasteiger partial charge in [-0.2, -0.15) is 0 Å². The van der Waals surface area contributed by atoms with E-state index >= 15 is 0 Å². The van der Waals surface area contributed by atoms with Crippen LogP contribution in [0.25, 0.3) is 0 Å². The molecule has 1 heterocycles. The van der Waals surface area contributed by atoms with Gasteiger partial charge in [0.05, 0.1) is 19.1 Å². The SMILES string of the molecule is O=C(O)CC1CN(C(=O)CCSc2ccccc2)CCO1. The van der Waals surface area contributed by atoms with Crippen LogP contribution in [0.5, 0.6) is 0 Å². The quantitative estimate of drug-likeness (QED) is 0.813. The van der Waals surface area contributed by atoms with E-state index in [1.54, 1.807) is 16.7 Å². The number of rotatable bonds is 6. The number of carboxylic acids is 1. The molecule has 0 aliphatic carbocycles. The average Bonchev–Trinajstić information content (AvgIpc) is 2.48. The van der Waals surface area contributed by atoms with Gasteiger partial charge in [-0.3, -0.25) is 9.59 Å². The first-order valence-electron chi connectivity index (χ1n) is 6.94. The van der Waals surface area contributed by atoms with Crippen LogP contribution in [0.3, 0.4) is 0 Å². The van der Waals surface area contributed by atoms with E-state index < -0.39 is 5.97 Å². The number of carbonyl (C=O) groups is 2. The first-order chi connectivity index (χ1) is 10.1. The van der Waals surface area contributed by atoms with Crippen LogP contribution in [0.4, 0.5) is 0 Å². The van der Waals surface area contributed by atoms with Crippen molar-refractivity contribution >= 4 is 23.6 Å². The zero-order chi connectivity index (χ0) is 15.1. The molecule has 1 saturated heterocycles. The lowest BCUT2D eigenvalue weighted by molar-refractivity contribution is -0.147. The van der Waals surface area contributed by atoms with Crippen molar-refractivity contribution in [3.63, 3.8) is 0 Å². The van der Waals surface area contributed by atoms with E-state index in [4.69, 9.17) is 9.84 Å². The minimum atomic E-state index is -0.895. The van der Waals surface area contributed by atoms with Gasteiger partial charge in [-0.1, -0.05) is 18.2 Å². The molecule has 1 aliphatic rings. The van der Waals surface area contributed by atoms with Crippen LogP contribution in [0.15, 0.2) is 35.2 Å². The van der Waals surface area contributed by atoms with Crippen LogP contribution in [-0.2, 0) is 14.3 Å². The second-order valence-electron chi connectivity index (χ2n) is 4.84. The number of thioether (sulfide) groups is 1. The Hall–Kier alpha value is -1.53. The van der Waals surface area contributed by atoms with E-state index in [-0.39, 0.29) is 18.4 Å². The molecule has 1 atom stereocenters. The van der Waals surface area contributed by atoms with Crippen molar-refractivity contribution in [3.8, 4) is 0 Å². The maximum atomic E-state index is 12.1. The number of nitrogens with zero attached hydrogens (tertiary/aromatic N) is 1. The summed E-state index contributed by atoms with van der Waals surface area (Å²) in [6.07, 6.45) is 0.0176. The highest BCUT2D eigenvalue weighted by Crippen LogP contribution is 2.18. The third kappa shape index (κ3) is 5.40. The molecule has 0 radical (unpaired) electrons. The van der Waals surface area contributed by atoms with Crippen LogP contribution in [0, 0.1) is 0 Å². The van der Waals surface area contributed by atoms with Gasteiger partial charge in [0.15, 0.2) is 0 Å². The lowest BCUT2D eigenvalue weighted by Gasteiger charge is -2.32. The normalized spacial score (nSPS) is 18.5. The first-order valence-corrected chi connectivity index (χ1v) is 7.92. The second-order valence-corrected chi connectivity index (χ2v) is 6.01. The van der Waals surface area contributed by atoms with Gasteiger partial charge in [0.1, 0.15) is 0 Å². The molecule has 0 aromatic heterocycles. The molecule has 114 valence electrons. The molecule has 21 heavy (non-hydrogen) atoms. The molecule has 1 N–H and O–H groups in total. The lowest BCUT2D eigenvalue weighted by Crippen LogP contribution is -2.46. The molecule has 5 nitrogen and oxygen atoms in total. The Morgan fingerprint density at radius 3 is 2.81 bits per heavy atom. The number of hydrogen-bond acceptors (Lipinski definition) is 4. The predicted molar refractivity (Wildman–Crippen MR) is 80.4 cm³/mol. The summed E-state index contributed by atoms with van der Waals surface area (Å²) in [5.74, 6) is -0.102. The summed E-state index contributed by atoms with van der Waals surface area (Å²) in [6, 6.07) is 9.95. The number of amides is 1. The van der Waals surface area contributed by atoms with Crippen LogP contribution in [-0.4, -0.2) is 53.4 Å². The van der Waals surface area contributed by atoms with Crippen LogP contribution in [0.2, 0.25) is 0 Å². The van der Waals surface area contributed by atoms with E-state index in [1.165, 1.54) is 0 Å². The topological polar surface area (TPSA) is 66.8 Å². The monoisotopic (exact) mass is 309 g/mol. The van der Waals surface area contributed by atoms with E-state index in [0.717, 1.165) is 10.6 Å². The first kappa shape index (κ1) is 15.9. The zero-order valence-electron chi connectivity index (χ0n) is 11.7. The number of carboxylic acid groups (broad SMARTS) is 1. The Kier molecular flexibility index (Phi) is 6.07. The largest absolute Gasteiger partial charge is 0.481 e. The van der Waals surface area contributed by atoms with Crippen molar-refractivity contribution in [2.24, 2.45) is 0 Å². The third-order valence-corrected chi connectivity index (χ3v) is 4.24. The van der Waals surface area contributed by atoms with Gasteiger partial charge in [0.25, 0.3) is 0 Å². The molecular formula is C15H19NO4S. The van der Waals surface area contributed by atoms with Crippen molar-refractivity contribution in [2.75, 3.05) is 25.4 Å². The maximum absolute atomic E-state index is 12.1. The third-order valence-electron chi connectivity index (χ3n) is 3.22. The Labute approximate surface area is 128 Å². The molecule has 1 fully saturated rings. The highest BCUT2D eigenvalue weighted by molar-refractivity contribution is 7.99. The molecule has 1 aromatic rings. The molecule has 1 aromatic carbocycles. The Morgan fingerprint density at radius 2 is 2.10 bits per heavy atom. The fraction of sp³-hybridized carbons (Fsp3) is 0.467. The Bertz CT molecular complexity index is 480. The van der Waals surface area contributed by atoms with Gasteiger partial charge in [0.2, 0.25) is 5.91 Å². The molecular weight excluding hydrogens is 290 g/mol. The molecule has 0 spiro atoms. The fourth-order valence-electron chi connectivity index (χ4n) is 2.20. The van der Waals surface area contributed by atoms with E-state index in [0.29, 0.717) is 26.1 Å². The van der Waals surface area contributed by atoms with Gasteiger partial charge < -0.3 is 14.7 Å². The van der Waals surface area contributed by atoms with Crippen LogP contribution >= 0.6 is 11.8 Å². The molecule has 0 bridgehead atoms. The summed E-state index contributed by atoms with van der Waals surface area (Å²) in [7, 11) is 0. The highest BCUT2D eigenvalue weighted by Gasteiger charge is 2.25. The number of benzene rings is 1. The number of ether oxygens (including phenoxy) is 1. The fourth-order valence-corrected chi connectivity index (χ4v) is 3.06. The van der Waals surface area contributed by atoms with Gasteiger partial charge in [-0.15, -0.1) is 11.8 Å². The van der Waals surface area contributed by atoms with Gasteiger partial charge >= 0.3 is 5.97 Å². The van der Waals surface area contributed by atoms with Crippen LogP contribution in [0.1, 0.15) is 12.8 Å². The molecule has 2 rings (SSSR count). The molecule has 1 aliphatic heterocycles. The zero-order valence-corrected chi connectivity index (χ0v) is 12.6. The minimum Gasteiger partial charge on any atom is -0.481 e. The standard InChI is InChI=1S/C15H19NO4S/c17-14(6-9-21-13-4-2-1-3-5-13)16-7-8-20-12(11-16)10-15(18)19/h1-5,12H,6-11H2,(H,18,19). The summed E-state index contributed by atoms with van der Waals surface area (Å²) in [4.78, 5) is 25.7. The number of aliphatic carboxylic acids is 1. The summed E-state index contributed by atoms with van der Waals surface area (Å²) >= 11 is 1.65. The summed E-state index contributed by atoms with van der Waals surface area (Å²) < 4.78 is 5.36. The van der Waals surface area contributed by atoms with Crippen molar-refractivity contribution in [2.45, 2.75) is 23.8 Å². The number of hydrogen-bond donors (Lipinski definition) is 1. The van der Waals surface area contributed by atoms with Gasteiger partial charge in [0, 0.05) is 30.2 Å². The molecule has 0 saturated carbocycles. The predicted octanol–water partition coefficient (Wildman–Crippen LogP) is 1.87. The van der Waals surface area contributed by atoms with E-state index in [9.17, 15) is 9.59 Å². The van der Waals surface area contributed by atoms with Crippen molar-refractivity contribution in [3.05, 3.63) is 30.3 Å². The van der Waals surface area contributed by atoms with Gasteiger partial charge in [-0.05, 0) is 12.1 Å². The molecule has 6 heteroatoms. The highest BCUT2D eigenvalue weighted by atomic mass is 32.2. The maximum Gasteiger partial charge on any atom is 0.306 e. The van der Waals surface area contributed by atoms with Crippen molar-refractivity contribution < 1.29 is 19.4 Å². The minimum absolute atomic E-state index is 0.0530. The summed E-state index contributed by atoms with van der Waals surface area (Å²) in [5.41, 5.74) is 0. The average molecular weight is 309 g/mol. The van der Waals surface area contributed by atoms with Crippen molar-refractivity contribution in [1.82, 2.24) is 4.90 Å². The van der Waals surface area contributed by atoms with Crippen LogP contribution < -0.4 is 0 Å². The number of carbonyl (C=O) groups excluding carboxylic acids is 1. The molecule has 1 amide bonds. The lowest BCUT2D eigenvalue weighted by atomic mass is 10.2. The van der Waals surface area contributed by atoms with Gasteiger partial charge in [-0.25, -0.2) is 0 Å². The van der Waals surface area contributed by atoms with Crippen molar-refractivity contribution in [1.29, 1.82) is 0 Å². The summed E-state index contributed by atoms with van der Waals surface area (Å²) in [6.45, 7) is 1.33. The smallest absolute Gasteiger partial charge is 0.306 e. The Morgan fingerprint density at radius 1 is 1.33 bits per heavy atom. The Balaban J connectivity index is 1.73.